The molecule has 0 saturated heterocycles. The lowest BCUT2D eigenvalue weighted by Crippen LogP contribution is -2.03. The molecule has 3 nitrogen and oxygen atoms in total. The van der Waals surface area contributed by atoms with E-state index in [0.717, 1.165) is 34.9 Å². The van der Waals surface area contributed by atoms with Crippen molar-refractivity contribution in [3.05, 3.63) is 89.0 Å². The van der Waals surface area contributed by atoms with Crippen molar-refractivity contribution in [3.63, 3.8) is 0 Å². The normalized spacial score (nSPS) is 10.4. The van der Waals surface area contributed by atoms with Gasteiger partial charge in [-0.05, 0) is 48.7 Å². The third-order valence-corrected chi connectivity index (χ3v) is 4.33. The fraction of sp³-hybridized carbons (Fsp3) is 0.217. The van der Waals surface area contributed by atoms with Crippen LogP contribution in [0.15, 0.2) is 66.7 Å². The van der Waals surface area contributed by atoms with Gasteiger partial charge in [-0.3, -0.25) is 0 Å². The molecule has 0 atom stereocenters. The minimum absolute atomic E-state index is 0.525. The van der Waals surface area contributed by atoms with Gasteiger partial charge in [0.2, 0.25) is 0 Å². The van der Waals surface area contributed by atoms with Crippen LogP contribution in [0, 0.1) is 13.8 Å². The zero-order chi connectivity index (χ0) is 18.4. The second-order valence-electron chi connectivity index (χ2n) is 6.43. The van der Waals surface area contributed by atoms with E-state index in [1.165, 1.54) is 11.1 Å². The predicted molar refractivity (Wildman–Crippen MR) is 107 cm³/mol. The molecule has 0 fully saturated rings. The highest BCUT2D eigenvalue weighted by Crippen LogP contribution is 2.29. The fourth-order valence-electron chi connectivity index (χ4n) is 2.89. The first-order valence-corrected chi connectivity index (χ1v) is 8.80. The van der Waals surface area contributed by atoms with Crippen LogP contribution in [-0.2, 0) is 13.2 Å². The van der Waals surface area contributed by atoms with E-state index < -0.39 is 0 Å². The Hall–Kier alpha value is -2.94. The second kappa shape index (κ2) is 8.43. The highest BCUT2D eigenvalue weighted by atomic mass is 16.5. The summed E-state index contributed by atoms with van der Waals surface area (Å²) in [6.07, 6.45) is 0. The smallest absolute Gasteiger partial charge is 0.161 e. The van der Waals surface area contributed by atoms with Crippen molar-refractivity contribution in [2.45, 2.75) is 27.0 Å². The van der Waals surface area contributed by atoms with Crippen molar-refractivity contribution in [1.82, 2.24) is 0 Å². The van der Waals surface area contributed by atoms with Crippen LogP contribution in [0.1, 0.15) is 22.3 Å². The first-order chi connectivity index (χ1) is 12.7. The maximum absolute atomic E-state index is 5.92. The molecule has 26 heavy (non-hydrogen) atoms. The summed E-state index contributed by atoms with van der Waals surface area (Å²) in [5, 5.41) is 3.49. The van der Waals surface area contributed by atoms with E-state index in [9.17, 15) is 0 Å². The molecule has 134 valence electrons. The second-order valence-corrected chi connectivity index (χ2v) is 6.43. The van der Waals surface area contributed by atoms with Gasteiger partial charge in [-0.2, -0.15) is 0 Å². The topological polar surface area (TPSA) is 30.5 Å². The summed E-state index contributed by atoms with van der Waals surface area (Å²) in [4.78, 5) is 0. The number of methoxy groups -OCH3 is 1. The number of hydrogen-bond acceptors (Lipinski definition) is 3. The molecule has 3 rings (SSSR count). The monoisotopic (exact) mass is 347 g/mol. The summed E-state index contributed by atoms with van der Waals surface area (Å²) >= 11 is 0. The van der Waals surface area contributed by atoms with Crippen molar-refractivity contribution in [2.75, 3.05) is 12.4 Å². The molecule has 0 amide bonds. The molecular formula is C23H25NO2. The molecule has 0 aliphatic rings. The van der Waals surface area contributed by atoms with Gasteiger partial charge in [0.1, 0.15) is 6.61 Å². The number of aryl methyl sites for hydroxylation is 2. The standard InChI is InChI=1S/C23H25NO2/c1-17-9-11-21(18(2)13-17)24-15-20-10-12-22(23(14-20)25-3)26-16-19-7-5-4-6-8-19/h4-14,24H,15-16H2,1-3H3. The molecule has 0 aromatic heterocycles. The van der Waals surface area contributed by atoms with Crippen LogP contribution in [0.25, 0.3) is 0 Å². The van der Waals surface area contributed by atoms with E-state index in [0.29, 0.717) is 6.61 Å². The first kappa shape index (κ1) is 17.9. The number of ether oxygens (including phenoxy) is 2. The molecule has 0 unspecified atom stereocenters. The summed E-state index contributed by atoms with van der Waals surface area (Å²) in [7, 11) is 1.67. The first-order valence-electron chi connectivity index (χ1n) is 8.80. The highest BCUT2D eigenvalue weighted by Gasteiger charge is 2.07. The summed E-state index contributed by atoms with van der Waals surface area (Å²) in [6, 6.07) is 22.6. The van der Waals surface area contributed by atoms with Crippen LogP contribution in [0.5, 0.6) is 11.5 Å². The third-order valence-electron chi connectivity index (χ3n) is 4.33. The lowest BCUT2D eigenvalue weighted by Gasteiger charge is -2.14. The Labute approximate surface area is 155 Å². The molecule has 0 heterocycles. The van der Waals surface area contributed by atoms with Gasteiger partial charge in [-0.1, -0.05) is 54.1 Å². The van der Waals surface area contributed by atoms with E-state index in [1.807, 2.05) is 30.3 Å². The Morgan fingerprint density at radius 2 is 1.62 bits per heavy atom. The lowest BCUT2D eigenvalue weighted by atomic mass is 10.1. The number of rotatable bonds is 7. The molecule has 3 heteroatoms. The van der Waals surface area contributed by atoms with E-state index >= 15 is 0 Å². The van der Waals surface area contributed by atoms with Crippen LogP contribution in [-0.4, -0.2) is 7.11 Å². The number of benzene rings is 3. The van der Waals surface area contributed by atoms with Gasteiger partial charge >= 0.3 is 0 Å². The molecule has 0 spiro atoms. The van der Waals surface area contributed by atoms with Crippen LogP contribution in [0.2, 0.25) is 0 Å². The van der Waals surface area contributed by atoms with Crippen molar-refractivity contribution in [3.8, 4) is 11.5 Å². The quantitative estimate of drug-likeness (QED) is 0.612. The van der Waals surface area contributed by atoms with Gasteiger partial charge in [0.25, 0.3) is 0 Å². The zero-order valence-electron chi connectivity index (χ0n) is 15.6. The van der Waals surface area contributed by atoms with Gasteiger partial charge in [-0.15, -0.1) is 0 Å². The molecule has 0 radical (unpaired) electrons. The summed E-state index contributed by atoms with van der Waals surface area (Å²) in [5.41, 5.74) is 5.96. The van der Waals surface area contributed by atoms with Crippen molar-refractivity contribution in [1.29, 1.82) is 0 Å². The average molecular weight is 347 g/mol. The molecule has 0 saturated carbocycles. The molecular weight excluding hydrogens is 322 g/mol. The minimum Gasteiger partial charge on any atom is -0.493 e. The van der Waals surface area contributed by atoms with Crippen LogP contribution in [0.3, 0.4) is 0 Å². The molecule has 1 N–H and O–H groups in total. The number of anilines is 1. The molecule has 0 aliphatic heterocycles. The van der Waals surface area contributed by atoms with Gasteiger partial charge < -0.3 is 14.8 Å². The predicted octanol–water partition coefficient (Wildman–Crippen LogP) is 5.50. The van der Waals surface area contributed by atoms with Crippen LogP contribution < -0.4 is 14.8 Å². The highest BCUT2D eigenvalue weighted by molar-refractivity contribution is 5.53. The largest absolute Gasteiger partial charge is 0.493 e. The van der Waals surface area contributed by atoms with Gasteiger partial charge in [0.15, 0.2) is 11.5 Å². The fourth-order valence-corrected chi connectivity index (χ4v) is 2.89. The number of nitrogens with one attached hydrogen (secondary N) is 1. The van der Waals surface area contributed by atoms with Crippen molar-refractivity contribution in [2.24, 2.45) is 0 Å². The summed E-state index contributed by atoms with van der Waals surface area (Å²) in [6.45, 7) is 5.49. The average Bonchev–Trinajstić information content (AvgIpc) is 2.67. The Bertz CT molecular complexity index is 859. The molecule has 3 aromatic carbocycles. The maximum Gasteiger partial charge on any atom is 0.161 e. The van der Waals surface area contributed by atoms with E-state index in [-0.39, 0.29) is 0 Å². The van der Waals surface area contributed by atoms with E-state index in [2.05, 4.69) is 55.6 Å². The molecule has 0 bridgehead atoms. The van der Waals surface area contributed by atoms with E-state index in [1.54, 1.807) is 7.11 Å². The molecule has 0 aliphatic carbocycles. The van der Waals surface area contributed by atoms with Crippen LogP contribution >= 0.6 is 0 Å². The van der Waals surface area contributed by atoms with Gasteiger partial charge in [-0.25, -0.2) is 0 Å². The van der Waals surface area contributed by atoms with Crippen molar-refractivity contribution >= 4 is 5.69 Å². The van der Waals surface area contributed by atoms with Gasteiger partial charge in [0, 0.05) is 12.2 Å². The summed E-state index contributed by atoms with van der Waals surface area (Å²) in [5.74, 6) is 1.51. The minimum atomic E-state index is 0.525. The Morgan fingerprint density at radius 3 is 2.35 bits per heavy atom. The Morgan fingerprint density at radius 1 is 0.808 bits per heavy atom. The SMILES string of the molecule is COc1cc(CNc2ccc(C)cc2C)ccc1OCc1ccccc1. The van der Waals surface area contributed by atoms with E-state index in [4.69, 9.17) is 9.47 Å². The number of hydrogen-bond donors (Lipinski definition) is 1. The Kier molecular flexibility index (Phi) is 5.80. The summed E-state index contributed by atoms with van der Waals surface area (Å²) < 4.78 is 11.4. The third kappa shape index (κ3) is 4.57. The Balaban J connectivity index is 1.66. The molecule has 3 aromatic rings. The zero-order valence-corrected chi connectivity index (χ0v) is 15.6. The maximum atomic E-state index is 5.92. The van der Waals surface area contributed by atoms with Crippen LogP contribution in [0.4, 0.5) is 5.69 Å². The lowest BCUT2D eigenvalue weighted by molar-refractivity contribution is 0.284. The van der Waals surface area contributed by atoms with Gasteiger partial charge in [0.05, 0.1) is 7.11 Å². The van der Waals surface area contributed by atoms with Crippen molar-refractivity contribution < 1.29 is 9.47 Å².